The van der Waals surface area contributed by atoms with E-state index in [9.17, 15) is 18.0 Å². The highest BCUT2D eigenvalue weighted by Gasteiger charge is 2.32. The fourth-order valence-electron chi connectivity index (χ4n) is 3.71. The highest BCUT2D eigenvalue weighted by atomic mass is 19.4. The number of halogens is 3. The van der Waals surface area contributed by atoms with Crippen molar-refractivity contribution in [2.75, 3.05) is 0 Å². The molecule has 2 heterocycles. The molecule has 5 rings (SSSR count). The topological polar surface area (TPSA) is 57.9 Å². The third-order valence-corrected chi connectivity index (χ3v) is 5.14. The maximum Gasteiger partial charge on any atom is 0.416 e. The zero-order valence-electron chi connectivity index (χ0n) is 15.5. The summed E-state index contributed by atoms with van der Waals surface area (Å²) in [4.78, 5) is 17.0. The van der Waals surface area contributed by atoms with E-state index in [1.54, 1.807) is 6.07 Å². The van der Waals surface area contributed by atoms with Crippen LogP contribution >= 0.6 is 0 Å². The number of rotatable bonds is 1. The number of alkyl halides is 3. The Bertz CT molecular complexity index is 1360. The third-order valence-electron chi connectivity index (χ3n) is 5.14. The van der Waals surface area contributed by atoms with Gasteiger partial charge in [0, 0.05) is 5.56 Å². The molecule has 7 heteroatoms. The fourth-order valence-corrected chi connectivity index (χ4v) is 3.71. The number of hydrogen-bond acceptors (Lipinski definition) is 2. The van der Waals surface area contributed by atoms with E-state index in [-0.39, 0.29) is 18.0 Å². The maximum atomic E-state index is 13.2. The minimum absolute atomic E-state index is 0.173. The molecule has 4 aromatic rings. The Morgan fingerprint density at radius 3 is 2.53 bits per heavy atom. The molecule has 0 spiro atoms. The summed E-state index contributed by atoms with van der Waals surface area (Å²) >= 11 is 0. The van der Waals surface area contributed by atoms with Crippen LogP contribution in [-0.2, 0) is 12.8 Å². The van der Waals surface area contributed by atoms with Crippen molar-refractivity contribution in [3.05, 3.63) is 99.0 Å². The number of imidazole rings is 1. The average Bonchev–Trinajstić information content (AvgIpc) is 3.01. The van der Waals surface area contributed by atoms with E-state index in [0.717, 1.165) is 34.4 Å². The molecular formula is C23H15F3N2O2. The van der Waals surface area contributed by atoms with E-state index >= 15 is 0 Å². The Labute approximate surface area is 168 Å². The molecular weight excluding hydrogens is 393 g/mol. The van der Waals surface area contributed by atoms with Crippen LogP contribution in [-0.4, -0.2) is 9.97 Å². The van der Waals surface area contributed by atoms with Gasteiger partial charge in [-0.15, -0.1) is 0 Å². The normalized spacial score (nSPS) is 14.8. The second kappa shape index (κ2) is 6.66. The molecule has 30 heavy (non-hydrogen) atoms. The highest BCUT2D eigenvalue weighted by Crippen LogP contribution is 2.41. The van der Waals surface area contributed by atoms with Crippen LogP contribution in [0.15, 0.2) is 65.5 Å². The minimum atomic E-state index is -4.45. The number of aromatic amines is 2. The monoisotopic (exact) mass is 408 g/mol. The van der Waals surface area contributed by atoms with Gasteiger partial charge < -0.3 is 14.7 Å². The van der Waals surface area contributed by atoms with Crippen LogP contribution in [0.4, 0.5) is 13.2 Å². The molecule has 3 aromatic carbocycles. The van der Waals surface area contributed by atoms with Crippen LogP contribution < -0.4 is 10.4 Å². The number of benzene rings is 3. The van der Waals surface area contributed by atoms with Gasteiger partial charge in [-0.2, -0.15) is 13.2 Å². The number of aromatic nitrogens is 2. The van der Waals surface area contributed by atoms with Gasteiger partial charge in [-0.05, 0) is 52.6 Å². The second-order valence-corrected chi connectivity index (χ2v) is 7.10. The van der Waals surface area contributed by atoms with E-state index in [1.807, 2.05) is 42.5 Å². The van der Waals surface area contributed by atoms with Crippen LogP contribution in [0.3, 0.4) is 0 Å². The zero-order valence-corrected chi connectivity index (χ0v) is 15.5. The summed E-state index contributed by atoms with van der Waals surface area (Å²) in [5.41, 5.74) is 4.19. The van der Waals surface area contributed by atoms with Crippen molar-refractivity contribution < 1.29 is 17.9 Å². The summed E-state index contributed by atoms with van der Waals surface area (Å²) in [7, 11) is 0. The van der Waals surface area contributed by atoms with Crippen molar-refractivity contribution in [2.24, 2.45) is 0 Å². The maximum absolute atomic E-state index is 13.2. The van der Waals surface area contributed by atoms with Crippen molar-refractivity contribution in [1.29, 1.82) is 0 Å². The minimum Gasteiger partial charge on any atom is -0.488 e. The van der Waals surface area contributed by atoms with Crippen molar-refractivity contribution in [2.45, 2.75) is 12.8 Å². The quantitative estimate of drug-likeness (QED) is 0.446. The van der Waals surface area contributed by atoms with Crippen LogP contribution in [0.1, 0.15) is 27.8 Å². The van der Waals surface area contributed by atoms with E-state index in [0.29, 0.717) is 16.6 Å². The molecule has 0 aliphatic carbocycles. The average molecular weight is 408 g/mol. The summed E-state index contributed by atoms with van der Waals surface area (Å²) in [5.74, 6) is 0.184. The number of H-pyrrole nitrogens is 2. The predicted molar refractivity (Wildman–Crippen MR) is 108 cm³/mol. The van der Waals surface area contributed by atoms with Gasteiger partial charge in [-0.25, -0.2) is 4.79 Å². The van der Waals surface area contributed by atoms with Gasteiger partial charge in [-0.1, -0.05) is 36.4 Å². The van der Waals surface area contributed by atoms with E-state index in [1.165, 1.54) is 6.07 Å². The first-order valence-electron chi connectivity index (χ1n) is 9.25. The SMILES string of the molecule is O=c1[nH]c2ccc(C=C3c4ccccc4COc4cc(C(F)(F)F)ccc43)cc2[nH]1. The molecule has 0 atom stereocenters. The summed E-state index contributed by atoms with van der Waals surface area (Å²) in [6.07, 6.45) is -2.56. The molecule has 0 unspecified atom stereocenters. The molecule has 0 amide bonds. The summed E-state index contributed by atoms with van der Waals surface area (Å²) in [5, 5.41) is 0. The molecule has 0 saturated carbocycles. The summed E-state index contributed by atoms with van der Waals surface area (Å²) in [6.45, 7) is 0.173. The first-order valence-corrected chi connectivity index (χ1v) is 9.25. The molecule has 150 valence electrons. The molecule has 1 aliphatic heterocycles. The fraction of sp³-hybridized carbons (Fsp3) is 0.0870. The molecule has 2 N–H and O–H groups in total. The highest BCUT2D eigenvalue weighted by molar-refractivity contribution is 5.95. The zero-order chi connectivity index (χ0) is 20.9. The van der Waals surface area contributed by atoms with Gasteiger partial charge in [0.15, 0.2) is 0 Å². The van der Waals surface area contributed by atoms with Gasteiger partial charge in [-0.3, -0.25) is 0 Å². The molecule has 0 fully saturated rings. The van der Waals surface area contributed by atoms with Gasteiger partial charge in [0.2, 0.25) is 0 Å². The molecule has 0 radical (unpaired) electrons. The lowest BCUT2D eigenvalue weighted by Gasteiger charge is -2.13. The lowest BCUT2D eigenvalue weighted by molar-refractivity contribution is -0.137. The van der Waals surface area contributed by atoms with Crippen LogP contribution in [0, 0.1) is 0 Å². The van der Waals surface area contributed by atoms with Gasteiger partial charge in [0.1, 0.15) is 12.4 Å². The standard InChI is InChI=1S/C23H15F3N2O2/c24-23(25,26)15-6-7-17-18(9-13-5-8-19-20(10-13)28-22(29)27-19)16-4-2-1-3-14(16)12-30-21(17)11-15/h1-11H,12H2,(H2,27,28,29). The summed E-state index contributed by atoms with van der Waals surface area (Å²) in [6, 6.07) is 16.6. The number of hydrogen-bond donors (Lipinski definition) is 2. The van der Waals surface area contributed by atoms with E-state index in [4.69, 9.17) is 4.74 Å². The van der Waals surface area contributed by atoms with E-state index < -0.39 is 11.7 Å². The van der Waals surface area contributed by atoms with Crippen LogP contribution in [0.25, 0.3) is 22.7 Å². The largest absolute Gasteiger partial charge is 0.488 e. The number of nitrogens with one attached hydrogen (secondary N) is 2. The van der Waals surface area contributed by atoms with Crippen molar-refractivity contribution in [3.8, 4) is 5.75 Å². The number of ether oxygens (including phenoxy) is 1. The Morgan fingerprint density at radius 1 is 0.900 bits per heavy atom. The Kier molecular flexibility index (Phi) is 4.06. The lowest BCUT2D eigenvalue weighted by atomic mass is 9.92. The first kappa shape index (κ1) is 18.3. The Morgan fingerprint density at radius 2 is 1.70 bits per heavy atom. The van der Waals surface area contributed by atoms with Crippen LogP contribution in [0.5, 0.6) is 5.75 Å². The Hall–Kier alpha value is -3.74. The summed E-state index contributed by atoms with van der Waals surface area (Å²) < 4.78 is 45.4. The number of fused-ring (bicyclic) bond motifs is 3. The van der Waals surface area contributed by atoms with Gasteiger partial charge in [0.25, 0.3) is 0 Å². The third kappa shape index (κ3) is 3.18. The van der Waals surface area contributed by atoms with Crippen molar-refractivity contribution in [3.63, 3.8) is 0 Å². The van der Waals surface area contributed by atoms with Crippen LogP contribution in [0.2, 0.25) is 0 Å². The first-order chi connectivity index (χ1) is 14.4. The molecule has 4 nitrogen and oxygen atoms in total. The van der Waals surface area contributed by atoms with Gasteiger partial charge >= 0.3 is 11.9 Å². The lowest BCUT2D eigenvalue weighted by Crippen LogP contribution is -2.05. The van der Waals surface area contributed by atoms with Crippen molar-refractivity contribution >= 4 is 22.7 Å². The second-order valence-electron chi connectivity index (χ2n) is 7.10. The van der Waals surface area contributed by atoms with E-state index in [2.05, 4.69) is 9.97 Å². The molecule has 0 bridgehead atoms. The molecule has 0 saturated heterocycles. The predicted octanol–water partition coefficient (Wildman–Crippen LogP) is 5.36. The molecule has 1 aromatic heterocycles. The smallest absolute Gasteiger partial charge is 0.416 e. The van der Waals surface area contributed by atoms with Crippen molar-refractivity contribution in [1.82, 2.24) is 9.97 Å². The van der Waals surface area contributed by atoms with Gasteiger partial charge in [0.05, 0.1) is 16.6 Å². The Balaban J connectivity index is 1.72. The molecule has 1 aliphatic rings.